The van der Waals surface area contributed by atoms with E-state index >= 15 is 0 Å². The Morgan fingerprint density at radius 1 is 1.06 bits per heavy atom. The average molecular weight is 244 g/mol. The first-order valence-electron chi connectivity index (χ1n) is 6.69. The fourth-order valence-corrected chi connectivity index (χ4v) is 1.82. The van der Waals surface area contributed by atoms with E-state index < -0.39 is 0 Å². The van der Waals surface area contributed by atoms with Crippen LogP contribution in [-0.4, -0.2) is 11.4 Å². The molecule has 1 atom stereocenters. The van der Waals surface area contributed by atoms with E-state index in [0.29, 0.717) is 6.54 Å². The molecule has 0 amide bonds. The highest BCUT2D eigenvalue weighted by Crippen LogP contribution is 2.20. The number of hydrogen-bond acceptors (Lipinski definition) is 2. The van der Waals surface area contributed by atoms with Gasteiger partial charge in [-0.15, -0.1) is 0 Å². The summed E-state index contributed by atoms with van der Waals surface area (Å²) in [6, 6.07) is 10.6. The Labute approximate surface area is 111 Å². The van der Waals surface area contributed by atoms with Crippen LogP contribution in [0.2, 0.25) is 0 Å². The van der Waals surface area contributed by atoms with Gasteiger partial charge in [0.05, 0.1) is 6.04 Å². The molecular weight excluding hydrogens is 220 g/mol. The molecule has 1 unspecified atom stereocenters. The lowest BCUT2D eigenvalue weighted by Crippen LogP contribution is -2.25. The third-order valence-electron chi connectivity index (χ3n) is 2.79. The second kappa shape index (κ2) is 8.54. The normalized spacial score (nSPS) is 13.3. The molecular formula is C16H24N2. The third kappa shape index (κ3) is 4.38. The van der Waals surface area contributed by atoms with Crippen molar-refractivity contribution in [2.24, 2.45) is 5.73 Å². The van der Waals surface area contributed by atoms with Crippen molar-refractivity contribution < 1.29 is 0 Å². The van der Waals surface area contributed by atoms with Crippen LogP contribution in [0, 0.1) is 0 Å². The van der Waals surface area contributed by atoms with Crippen LogP contribution in [0.5, 0.6) is 0 Å². The Balaban J connectivity index is 2.93. The molecule has 0 aromatic heterocycles. The molecule has 0 heterocycles. The monoisotopic (exact) mass is 244 g/mol. The van der Waals surface area contributed by atoms with E-state index in [4.69, 9.17) is 5.73 Å². The molecule has 1 aromatic rings. The summed E-state index contributed by atoms with van der Waals surface area (Å²) in [6.45, 7) is 4.88. The molecule has 0 spiro atoms. The van der Waals surface area contributed by atoms with Crippen molar-refractivity contribution in [3.8, 4) is 0 Å². The molecule has 0 radical (unpaired) electrons. The average Bonchev–Trinajstić information content (AvgIpc) is 2.43. The summed E-state index contributed by atoms with van der Waals surface area (Å²) in [5, 5.41) is 0. The molecule has 0 saturated carbocycles. The van der Waals surface area contributed by atoms with Crippen LogP contribution in [0.25, 0.3) is 0 Å². The van der Waals surface area contributed by atoms with Crippen molar-refractivity contribution in [3.05, 3.63) is 60.4 Å². The Kier molecular flexibility index (Phi) is 6.89. The predicted octanol–water partition coefficient (Wildman–Crippen LogP) is 3.84. The van der Waals surface area contributed by atoms with Crippen molar-refractivity contribution in [1.29, 1.82) is 0 Å². The predicted molar refractivity (Wildman–Crippen MR) is 78.9 cm³/mol. The quantitative estimate of drug-likeness (QED) is 0.789. The highest BCUT2D eigenvalue weighted by molar-refractivity contribution is 5.21. The van der Waals surface area contributed by atoms with E-state index in [-0.39, 0.29) is 6.04 Å². The zero-order chi connectivity index (χ0) is 13.2. The molecule has 2 heteroatoms. The maximum absolute atomic E-state index is 5.94. The lowest BCUT2D eigenvalue weighted by atomic mass is 10.1. The van der Waals surface area contributed by atoms with Gasteiger partial charge in [0.15, 0.2) is 0 Å². The largest absolute Gasteiger partial charge is 0.346 e. The van der Waals surface area contributed by atoms with E-state index in [2.05, 4.69) is 67.6 Å². The number of rotatable bonds is 7. The minimum atomic E-state index is 0.205. The van der Waals surface area contributed by atoms with Crippen molar-refractivity contribution in [2.75, 3.05) is 6.54 Å². The van der Waals surface area contributed by atoms with Gasteiger partial charge in [-0.1, -0.05) is 56.3 Å². The molecule has 0 aliphatic rings. The number of allylic oxidation sites excluding steroid dienone is 2. The number of benzene rings is 1. The fraction of sp³-hybridized carbons (Fsp3) is 0.375. The van der Waals surface area contributed by atoms with Crippen LogP contribution >= 0.6 is 0 Å². The van der Waals surface area contributed by atoms with Crippen LogP contribution in [0.15, 0.2) is 54.9 Å². The van der Waals surface area contributed by atoms with Gasteiger partial charge < -0.3 is 10.6 Å². The highest BCUT2D eigenvalue weighted by atomic mass is 15.1. The van der Waals surface area contributed by atoms with E-state index in [1.54, 1.807) is 0 Å². The Morgan fingerprint density at radius 3 is 2.06 bits per heavy atom. The van der Waals surface area contributed by atoms with Gasteiger partial charge in [-0.25, -0.2) is 0 Å². The van der Waals surface area contributed by atoms with Gasteiger partial charge in [0.2, 0.25) is 0 Å². The lowest BCUT2D eigenvalue weighted by molar-refractivity contribution is 0.379. The molecule has 0 bridgehead atoms. The summed E-state index contributed by atoms with van der Waals surface area (Å²) in [4.78, 5) is 2.20. The fourth-order valence-electron chi connectivity index (χ4n) is 1.82. The summed E-state index contributed by atoms with van der Waals surface area (Å²) in [5.41, 5.74) is 7.19. The Morgan fingerprint density at radius 2 is 1.61 bits per heavy atom. The molecule has 0 aliphatic heterocycles. The second-order valence-corrected chi connectivity index (χ2v) is 4.20. The molecule has 0 aliphatic carbocycles. The number of nitrogens with zero attached hydrogens (tertiary/aromatic N) is 1. The third-order valence-corrected chi connectivity index (χ3v) is 2.79. The number of hydrogen-bond donors (Lipinski definition) is 1. The summed E-state index contributed by atoms with van der Waals surface area (Å²) in [5.74, 6) is 0. The molecule has 0 fully saturated rings. The first-order valence-corrected chi connectivity index (χ1v) is 6.69. The van der Waals surface area contributed by atoms with E-state index in [1.165, 1.54) is 5.56 Å². The zero-order valence-electron chi connectivity index (χ0n) is 11.4. The molecule has 2 N–H and O–H groups in total. The van der Waals surface area contributed by atoms with Crippen molar-refractivity contribution in [2.45, 2.75) is 32.7 Å². The summed E-state index contributed by atoms with van der Waals surface area (Å²) < 4.78 is 0. The first kappa shape index (κ1) is 14.5. The van der Waals surface area contributed by atoms with Crippen LogP contribution in [0.1, 0.15) is 38.3 Å². The van der Waals surface area contributed by atoms with Gasteiger partial charge in [0, 0.05) is 18.9 Å². The molecule has 18 heavy (non-hydrogen) atoms. The van der Waals surface area contributed by atoms with Crippen LogP contribution in [0.3, 0.4) is 0 Å². The Hall–Kier alpha value is -1.54. The molecule has 98 valence electrons. The maximum atomic E-state index is 5.94. The summed E-state index contributed by atoms with van der Waals surface area (Å²) in [6.07, 6.45) is 10.6. The molecule has 1 aromatic carbocycles. The van der Waals surface area contributed by atoms with Gasteiger partial charge in [0.25, 0.3) is 0 Å². The van der Waals surface area contributed by atoms with Gasteiger partial charge in [-0.05, 0) is 18.4 Å². The summed E-state index contributed by atoms with van der Waals surface area (Å²) in [7, 11) is 0. The minimum Gasteiger partial charge on any atom is -0.346 e. The van der Waals surface area contributed by atoms with Gasteiger partial charge in [-0.3, -0.25) is 0 Å². The Bertz CT molecular complexity index is 354. The highest BCUT2D eigenvalue weighted by Gasteiger charge is 2.13. The first-order chi connectivity index (χ1) is 8.83. The van der Waals surface area contributed by atoms with Gasteiger partial charge in [-0.2, -0.15) is 0 Å². The van der Waals surface area contributed by atoms with Gasteiger partial charge in [0.1, 0.15) is 0 Å². The molecule has 0 saturated heterocycles. The van der Waals surface area contributed by atoms with E-state index in [1.807, 2.05) is 6.07 Å². The molecule has 2 nitrogen and oxygen atoms in total. The number of nitrogens with two attached hydrogens (primary N) is 1. The van der Waals surface area contributed by atoms with Crippen LogP contribution in [0.4, 0.5) is 0 Å². The SMILES string of the molecule is CCC=CN(C=CCC)C(CN)c1ccccc1. The van der Waals surface area contributed by atoms with Crippen LogP contribution < -0.4 is 5.73 Å². The summed E-state index contributed by atoms with van der Waals surface area (Å²) >= 11 is 0. The molecule has 1 rings (SSSR count). The second-order valence-electron chi connectivity index (χ2n) is 4.20. The smallest absolute Gasteiger partial charge is 0.0702 e. The zero-order valence-corrected chi connectivity index (χ0v) is 11.4. The lowest BCUT2D eigenvalue weighted by Gasteiger charge is -2.27. The topological polar surface area (TPSA) is 29.3 Å². The van der Waals surface area contributed by atoms with Crippen molar-refractivity contribution >= 4 is 0 Å². The standard InChI is InChI=1S/C16H24N2/c1-3-5-12-18(13-6-4-2)16(14-17)15-10-8-7-9-11-15/h5-13,16H,3-4,14,17H2,1-2H3. The van der Waals surface area contributed by atoms with Crippen molar-refractivity contribution in [3.63, 3.8) is 0 Å². The van der Waals surface area contributed by atoms with Crippen LogP contribution in [-0.2, 0) is 0 Å². The minimum absolute atomic E-state index is 0.205. The van der Waals surface area contributed by atoms with Gasteiger partial charge >= 0.3 is 0 Å². The van der Waals surface area contributed by atoms with E-state index in [0.717, 1.165) is 12.8 Å². The van der Waals surface area contributed by atoms with Crippen molar-refractivity contribution in [1.82, 2.24) is 4.90 Å². The van der Waals surface area contributed by atoms with E-state index in [9.17, 15) is 0 Å². The maximum Gasteiger partial charge on any atom is 0.0702 e.